The standard InChI is InChI=1S/C8H6F3NO.C7H7NO/c9-8(10,11)6-2-1-3-7(13)5(6)4-12;8-7(9)6-4-2-1-3-5-6/h1-4,12-13H;1-5H,(H2,8,9). The number of hydrogen-bond donors (Lipinski definition) is 3. The summed E-state index contributed by atoms with van der Waals surface area (Å²) in [6, 6.07) is 11.8. The number of aromatic hydroxyl groups is 1. The molecule has 2 aromatic rings. The highest BCUT2D eigenvalue weighted by Gasteiger charge is 2.33. The molecular formula is C15H13F3N2O2. The summed E-state index contributed by atoms with van der Waals surface area (Å²) in [5.41, 5.74) is 4.03. The molecule has 0 aromatic heterocycles. The number of amides is 1. The normalized spacial score (nSPS) is 10.3. The summed E-state index contributed by atoms with van der Waals surface area (Å²) in [4.78, 5) is 10.4. The molecule has 0 unspecified atom stereocenters. The van der Waals surface area contributed by atoms with Gasteiger partial charge in [0.05, 0.1) is 5.56 Å². The molecule has 0 heterocycles. The van der Waals surface area contributed by atoms with E-state index in [0.717, 1.165) is 18.2 Å². The molecule has 7 heteroatoms. The van der Waals surface area contributed by atoms with Gasteiger partial charge in [-0.15, -0.1) is 0 Å². The number of benzene rings is 2. The SMILES string of the molecule is N=Cc1c(O)cccc1C(F)(F)F.NC(=O)c1ccccc1. The fourth-order valence-electron chi connectivity index (χ4n) is 1.55. The lowest BCUT2D eigenvalue weighted by Crippen LogP contribution is -2.09. The molecule has 0 bridgehead atoms. The second-order valence-electron chi connectivity index (χ2n) is 4.11. The lowest BCUT2D eigenvalue weighted by Gasteiger charge is -2.10. The second kappa shape index (κ2) is 7.26. The molecule has 2 rings (SSSR count). The third-order valence-corrected chi connectivity index (χ3v) is 2.59. The van der Waals surface area contributed by atoms with Gasteiger partial charge in [-0.3, -0.25) is 4.79 Å². The Balaban J connectivity index is 0.000000235. The van der Waals surface area contributed by atoms with Crippen molar-refractivity contribution in [1.82, 2.24) is 0 Å². The van der Waals surface area contributed by atoms with Gasteiger partial charge in [-0.05, 0) is 24.3 Å². The average Bonchev–Trinajstić information content (AvgIpc) is 2.47. The minimum Gasteiger partial charge on any atom is -0.507 e. The number of nitrogens with two attached hydrogens (primary N) is 1. The molecule has 0 radical (unpaired) electrons. The number of carbonyl (C=O) groups excluding carboxylic acids is 1. The van der Waals surface area contributed by atoms with E-state index < -0.39 is 23.1 Å². The maximum Gasteiger partial charge on any atom is 0.417 e. The van der Waals surface area contributed by atoms with E-state index in [2.05, 4.69) is 0 Å². The van der Waals surface area contributed by atoms with Crippen LogP contribution >= 0.6 is 0 Å². The van der Waals surface area contributed by atoms with E-state index >= 15 is 0 Å². The summed E-state index contributed by atoms with van der Waals surface area (Å²) in [6.07, 6.45) is -4.05. The number of primary amides is 1. The third-order valence-electron chi connectivity index (χ3n) is 2.59. The number of phenols is 1. The van der Waals surface area contributed by atoms with E-state index in [0.29, 0.717) is 11.8 Å². The van der Waals surface area contributed by atoms with Gasteiger partial charge in [-0.1, -0.05) is 24.3 Å². The molecule has 0 aliphatic carbocycles. The summed E-state index contributed by atoms with van der Waals surface area (Å²) in [6.45, 7) is 0. The van der Waals surface area contributed by atoms with Gasteiger partial charge in [-0.25, -0.2) is 0 Å². The Morgan fingerprint density at radius 3 is 2.05 bits per heavy atom. The van der Waals surface area contributed by atoms with E-state index in [-0.39, 0.29) is 5.91 Å². The first-order valence-corrected chi connectivity index (χ1v) is 6.02. The highest BCUT2D eigenvalue weighted by Crippen LogP contribution is 2.34. The zero-order valence-electron chi connectivity index (χ0n) is 11.3. The van der Waals surface area contributed by atoms with Gasteiger partial charge < -0.3 is 16.2 Å². The Kier molecular flexibility index (Phi) is 5.68. The smallest absolute Gasteiger partial charge is 0.417 e. The Bertz CT molecular complexity index is 656. The molecule has 4 N–H and O–H groups in total. The van der Waals surface area contributed by atoms with Crippen molar-refractivity contribution in [3.05, 3.63) is 65.2 Å². The van der Waals surface area contributed by atoms with Crippen LogP contribution in [0.1, 0.15) is 21.5 Å². The van der Waals surface area contributed by atoms with Gasteiger partial charge in [0.2, 0.25) is 5.91 Å². The molecule has 2 aromatic carbocycles. The predicted octanol–water partition coefficient (Wildman–Crippen LogP) is 3.19. The molecule has 0 aliphatic rings. The van der Waals surface area contributed by atoms with Gasteiger partial charge in [-0.2, -0.15) is 13.2 Å². The number of carbonyl (C=O) groups is 1. The van der Waals surface area contributed by atoms with Gasteiger partial charge in [0.15, 0.2) is 0 Å². The summed E-state index contributed by atoms with van der Waals surface area (Å²) in [7, 11) is 0. The highest BCUT2D eigenvalue weighted by molar-refractivity contribution is 5.92. The largest absolute Gasteiger partial charge is 0.507 e. The topological polar surface area (TPSA) is 87.2 Å². The van der Waals surface area contributed by atoms with Gasteiger partial charge >= 0.3 is 6.18 Å². The first kappa shape index (κ1) is 17.2. The zero-order valence-corrected chi connectivity index (χ0v) is 11.3. The lowest BCUT2D eigenvalue weighted by atomic mass is 10.1. The number of halogens is 3. The van der Waals surface area contributed by atoms with Crippen LogP contribution in [0.2, 0.25) is 0 Å². The van der Waals surface area contributed by atoms with Crippen molar-refractivity contribution in [1.29, 1.82) is 5.41 Å². The van der Waals surface area contributed by atoms with Crippen LogP contribution in [0, 0.1) is 5.41 Å². The molecular weight excluding hydrogens is 297 g/mol. The van der Waals surface area contributed by atoms with Crippen LogP contribution in [0.5, 0.6) is 5.75 Å². The van der Waals surface area contributed by atoms with Crippen LogP contribution in [0.15, 0.2) is 48.5 Å². The Morgan fingerprint density at radius 1 is 1.09 bits per heavy atom. The van der Waals surface area contributed by atoms with Crippen molar-refractivity contribution in [2.75, 3.05) is 0 Å². The van der Waals surface area contributed by atoms with Crippen molar-refractivity contribution >= 4 is 12.1 Å². The predicted molar refractivity (Wildman–Crippen MR) is 76.0 cm³/mol. The van der Waals surface area contributed by atoms with E-state index in [1.54, 1.807) is 24.3 Å². The van der Waals surface area contributed by atoms with Crippen LogP contribution in [0.4, 0.5) is 13.2 Å². The number of nitrogens with one attached hydrogen (secondary N) is 1. The van der Waals surface area contributed by atoms with Crippen molar-refractivity contribution < 1.29 is 23.1 Å². The molecule has 0 spiro atoms. The second-order valence-corrected chi connectivity index (χ2v) is 4.11. The van der Waals surface area contributed by atoms with E-state index in [1.165, 1.54) is 0 Å². The first-order chi connectivity index (χ1) is 10.3. The Morgan fingerprint density at radius 2 is 1.68 bits per heavy atom. The van der Waals surface area contributed by atoms with E-state index in [4.69, 9.17) is 16.2 Å². The summed E-state index contributed by atoms with van der Waals surface area (Å²) >= 11 is 0. The van der Waals surface area contributed by atoms with Gasteiger partial charge in [0.25, 0.3) is 0 Å². The number of phenolic OH excluding ortho intramolecular Hbond substituents is 1. The molecule has 1 amide bonds. The maximum atomic E-state index is 12.2. The summed E-state index contributed by atoms with van der Waals surface area (Å²) in [5, 5.41) is 15.7. The average molecular weight is 310 g/mol. The van der Waals surface area contributed by atoms with E-state index in [1.807, 2.05) is 6.07 Å². The van der Waals surface area contributed by atoms with Gasteiger partial charge in [0.1, 0.15) is 5.75 Å². The molecule has 0 saturated carbocycles. The van der Waals surface area contributed by atoms with Gasteiger partial charge in [0, 0.05) is 17.3 Å². The molecule has 116 valence electrons. The molecule has 22 heavy (non-hydrogen) atoms. The quantitative estimate of drug-likeness (QED) is 0.744. The first-order valence-electron chi connectivity index (χ1n) is 6.02. The minimum absolute atomic E-state index is 0.379. The third kappa shape index (κ3) is 4.62. The van der Waals surface area contributed by atoms with Crippen LogP contribution in [-0.4, -0.2) is 17.2 Å². The Labute approximate surface area is 124 Å². The van der Waals surface area contributed by atoms with E-state index in [9.17, 15) is 18.0 Å². The molecule has 0 saturated heterocycles. The van der Waals surface area contributed by atoms with Crippen molar-refractivity contribution in [2.45, 2.75) is 6.18 Å². The van der Waals surface area contributed by atoms with Crippen LogP contribution in [0.3, 0.4) is 0 Å². The maximum absolute atomic E-state index is 12.2. The summed E-state index contributed by atoms with van der Waals surface area (Å²) in [5.74, 6) is -0.916. The lowest BCUT2D eigenvalue weighted by molar-refractivity contribution is -0.137. The van der Waals surface area contributed by atoms with Crippen molar-refractivity contribution in [3.8, 4) is 5.75 Å². The molecule has 4 nitrogen and oxygen atoms in total. The van der Waals surface area contributed by atoms with Crippen LogP contribution in [-0.2, 0) is 6.18 Å². The number of rotatable bonds is 2. The van der Waals surface area contributed by atoms with Crippen molar-refractivity contribution in [2.24, 2.45) is 5.73 Å². The molecule has 0 fully saturated rings. The Hall–Kier alpha value is -2.83. The summed E-state index contributed by atoms with van der Waals surface area (Å²) < 4.78 is 36.6. The zero-order chi connectivity index (χ0) is 16.8. The fourth-order valence-corrected chi connectivity index (χ4v) is 1.55. The highest BCUT2D eigenvalue weighted by atomic mass is 19.4. The van der Waals surface area contributed by atoms with Crippen LogP contribution in [0.25, 0.3) is 0 Å². The number of alkyl halides is 3. The molecule has 0 aliphatic heterocycles. The monoisotopic (exact) mass is 310 g/mol. The fraction of sp³-hybridized carbons (Fsp3) is 0.0667. The minimum atomic E-state index is -4.54. The number of hydrogen-bond acceptors (Lipinski definition) is 3. The van der Waals surface area contributed by atoms with Crippen LogP contribution < -0.4 is 5.73 Å². The van der Waals surface area contributed by atoms with Crippen molar-refractivity contribution in [3.63, 3.8) is 0 Å². The molecule has 0 atom stereocenters.